The molecule has 6 N–H and O–H groups in total. The normalized spacial score (nSPS) is 13.7. The molecule has 0 aliphatic rings. The van der Waals surface area contributed by atoms with E-state index in [1.807, 2.05) is 0 Å². The zero-order chi connectivity index (χ0) is 11.1. The third-order valence-electron chi connectivity index (χ3n) is 1.21. The van der Waals surface area contributed by atoms with Crippen molar-refractivity contribution >= 4 is 71.3 Å². The molecule has 0 amide bonds. The van der Waals surface area contributed by atoms with Crippen LogP contribution < -0.4 is 11.5 Å². The summed E-state index contributed by atoms with van der Waals surface area (Å²) < 4.78 is 0. The van der Waals surface area contributed by atoms with Crippen molar-refractivity contribution in [2.24, 2.45) is 11.5 Å². The van der Waals surface area contributed by atoms with Crippen LogP contribution in [0.2, 0.25) is 0 Å². The van der Waals surface area contributed by atoms with Gasteiger partial charge >= 0.3 is 49.7 Å². The minimum atomic E-state index is -1.07. The minimum absolute atomic E-state index is 0. The summed E-state index contributed by atoms with van der Waals surface area (Å²) in [5, 5.41) is 16.8. The second-order valence-electron chi connectivity index (χ2n) is 2.46. The Labute approximate surface area is 125 Å². The Kier molecular flexibility index (Phi) is 12.1. The van der Waals surface area contributed by atoms with Crippen LogP contribution in [-0.4, -0.2) is 83.5 Å². The van der Waals surface area contributed by atoms with Crippen molar-refractivity contribution in [2.45, 2.75) is 12.1 Å². The first-order chi connectivity index (χ1) is 6.45. The van der Waals surface area contributed by atoms with E-state index in [-0.39, 0.29) is 49.2 Å². The molecule has 0 radical (unpaired) electrons. The molecule has 0 heterocycles. The first kappa shape index (κ1) is 18.2. The summed E-state index contributed by atoms with van der Waals surface area (Å²) in [6, 6.07) is -1.85. The van der Waals surface area contributed by atoms with E-state index in [1.165, 1.54) is 21.6 Å². The Balaban J connectivity index is 0. The molecule has 0 spiro atoms. The Morgan fingerprint density at radius 1 is 1.00 bits per heavy atom. The van der Waals surface area contributed by atoms with Gasteiger partial charge in [0.25, 0.3) is 0 Å². The number of carboxylic acids is 2. The molecule has 6 nitrogen and oxygen atoms in total. The number of carboxylic acid groups (broad SMARTS) is 2. The number of rotatable bonds is 7. The fourth-order valence-corrected chi connectivity index (χ4v) is 2.61. The van der Waals surface area contributed by atoms with Gasteiger partial charge in [0.05, 0.1) is 0 Å². The predicted molar refractivity (Wildman–Crippen MR) is 64.7 cm³/mol. The number of carbonyl (C=O) groups is 2. The summed E-state index contributed by atoms with van der Waals surface area (Å²) in [5.41, 5.74) is 10.4. The van der Waals surface area contributed by atoms with E-state index in [2.05, 4.69) is 0 Å². The van der Waals surface area contributed by atoms with Crippen molar-refractivity contribution in [2.75, 3.05) is 11.5 Å². The van der Waals surface area contributed by atoms with E-state index >= 15 is 0 Å². The Hall–Kier alpha value is 0.820. The van der Waals surface area contributed by atoms with Crippen LogP contribution in [0.15, 0.2) is 0 Å². The van der Waals surface area contributed by atoms with Crippen LogP contribution in [0.4, 0.5) is 0 Å². The summed E-state index contributed by atoms with van der Waals surface area (Å²) in [4.78, 5) is 20.5. The number of hydrogen-bond donors (Lipinski definition) is 4. The molecule has 9 heteroatoms. The van der Waals surface area contributed by atoms with Crippen LogP contribution in [0.25, 0.3) is 0 Å². The van der Waals surface area contributed by atoms with Gasteiger partial charge in [-0.2, -0.15) is 0 Å². The monoisotopic (exact) mass is 282 g/mol. The Bertz CT molecular complexity index is 197. The van der Waals surface area contributed by atoms with Gasteiger partial charge in [-0.05, 0) is 0 Å². The SMILES string of the molecule is NC(CSSCC(N)C(=O)O)C(=O)O.[CaH2]. The standard InChI is InChI=1S/C6H12N2O4S2.Ca.2H/c7-3(5(9)10)1-13-14-2-4(8)6(11)12;;;/h3-4H,1-2,7-8H2,(H,9,10)(H,11,12);;;. The van der Waals surface area contributed by atoms with E-state index in [0.29, 0.717) is 0 Å². The number of hydrogen-bond acceptors (Lipinski definition) is 6. The van der Waals surface area contributed by atoms with Gasteiger partial charge in [-0.15, -0.1) is 0 Å². The topological polar surface area (TPSA) is 127 Å². The van der Waals surface area contributed by atoms with Crippen molar-refractivity contribution in [1.29, 1.82) is 0 Å². The van der Waals surface area contributed by atoms with E-state index < -0.39 is 24.0 Å². The molecular formula is C6H14CaN2O4S2. The Morgan fingerprint density at radius 3 is 1.47 bits per heavy atom. The molecule has 0 aliphatic heterocycles. The Morgan fingerprint density at radius 2 is 1.27 bits per heavy atom. The zero-order valence-electron chi connectivity index (χ0n) is 7.25. The van der Waals surface area contributed by atoms with Crippen molar-refractivity contribution in [1.82, 2.24) is 0 Å². The number of aliphatic carboxylic acids is 2. The fourth-order valence-electron chi connectivity index (χ4n) is 0.385. The maximum atomic E-state index is 10.3. The molecule has 15 heavy (non-hydrogen) atoms. The first-order valence-corrected chi connectivity index (χ1v) is 6.15. The van der Waals surface area contributed by atoms with E-state index in [4.69, 9.17) is 21.7 Å². The maximum absolute atomic E-state index is 10.3. The van der Waals surface area contributed by atoms with Crippen LogP contribution in [0, 0.1) is 0 Å². The molecule has 0 saturated carbocycles. The van der Waals surface area contributed by atoms with Crippen LogP contribution in [-0.2, 0) is 9.59 Å². The zero-order valence-corrected chi connectivity index (χ0v) is 8.88. The second-order valence-corrected chi connectivity index (χ2v) is 5.01. The van der Waals surface area contributed by atoms with Gasteiger partial charge in [0.15, 0.2) is 0 Å². The summed E-state index contributed by atoms with van der Waals surface area (Å²) in [7, 11) is 2.41. The second kappa shape index (κ2) is 10.0. The van der Waals surface area contributed by atoms with Gasteiger partial charge in [0, 0.05) is 11.5 Å². The summed E-state index contributed by atoms with van der Waals surface area (Å²) in [5.74, 6) is -1.68. The number of nitrogens with two attached hydrogens (primary N) is 2. The molecule has 2 unspecified atom stereocenters. The molecule has 0 aromatic carbocycles. The average molecular weight is 282 g/mol. The third kappa shape index (κ3) is 9.73. The van der Waals surface area contributed by atoms with Gasteiger partial charge < -0.3 is 21.7 Å². The summed E-state index contributed by atoms with van der Waals surface area (Å²) >= 11 is 0. The molecule has 0 aromatic heterocycles. The molecule has 0 saturated heterocycles. The molecule has 0 rings (SSSR count). The molecule has 2 atom stereocenters. The van der Waals surface area contributed by atoms with Gasteiger partial charge in [-0.1, -0.05) is 21.6 Å². The molecule has 0 aromatic rings. The quantitative estimate of drug-likeness (QED) is 0.247. The van der Waals surface area contributed by atoms with Gasteiger partial charge in [0.2, 0.25) is 0 Å². The summed E-state index contributed by atoms with van der Waals surface area (Å²) in [6.45, 7) is 0. The van der Waals surface area contributed by atoms with Gasteiger partial charge in [-0.3, -0.25) is 9.59 Å². The van der Waals surface area contributed by atoms with Crippen molar-refractivity contribution in [3.8, 4) is 0 Å². The van der Waals surface area contributed by atoms with Crippen molar-refractivity contribution in [3.05, 3.63) is 0 Å². The predicted octanol–water partition coefficient (Wildman–Crippen LogP) is -1.72. The summed E-state index contributed by atoms with van der Waals surface area (Å²) in [6.07, 6.45) is 0. The molecular weight excluding hydrogens is 268 g/mol. The molecule has 0 aliphatic carbocycles. The molecule has 86 valence electrons. The van der Waals surface area contributed by atoms with Crippen molar-refractivity contribution in [3.63, 3.8) is 0 Å². The van der Waals surface area contributed by atoms with E-state index in [9.17, 15) is 9.59 Å². The molecule has 0 bridgehead atoms. The average Bonchev–Trinajstić information content (AvgIpc) is 2.11. The molecule has 0 fully saturated rings. The van der Waals surface area contributed by atoms with Crippen LogP contribution >= 0.6 is 21.6 Å². The van der Waals surface area contributed by atoms with Crippen molar-refractivity contribution < 1.29 is 19.8 Å². The van der Waals surface area contributed by atoms with Gasteiger partial charge in [-0.25, -0.2) is 0 Å². The van der Waals surface area contributed by atoms with Crippen LogP contribution in [0.5, 0.6) is 0 Å². The van der Waals surface area contributed by atoms with E-state index in [1.54, 1.807) is 0 Å². The first-order valence-electron chi connectivity index (χ1n) is 3.66. The van der Waals surface area contributed by atoms with Gasteiger partial charge in [0.1, 0.15) is 12.1 Å². The van der Waals surface area contributed by atoms with Crippen LogP contribution in [0.1, 0.15) is 0 Å². The third-order valence-corrected chi connectivity index (χ3v) is 3.69. The fraction of sp³-hybridized carbons (Fsp3) is 0.667. The van der Waals surface area contributed by atoms with Crippen LogP contribution in [0.3, 0.4) is 0 Å². The van der Waals surface area contributed by atoms with E-state index in [0.717, 1.165) is 0 Å².